The van der Waals surface area contributed by atoms with E-state index in [-0.39, 0.29) is 11.8 Å². The van der Waals surface area contributed by atoms with Gasteiger partial charge in [0.15, 0.2) is 0 Å². The van der Waals surface area contributed by atoms with Gasteiger partial charge in [-0.15, -0.1) is 0 Å². The molecule has 1 aliphatic rings. The first kappa shape index (κ1) is 17.5. The van der Waals surface area contributed by atoms with Crippen LogP contribution in [0, 0.1) is 6.92 Å². The molecule has 1 aliphatic heterocycles. The molecule has 1 N–H and O–H groups in total. The number of carbonyl (C=O) groups is 2. The monoisotopic (exact) mass is 420 g/mol. The van der Waals surface area contributed by atoms with E-state index in [9.17, 15) is 9.59 Å². The lowest BCUT2D eigenvalue weighted by atomic mass is 10.1. The molecule has 27 heavy (non-hydrogen) atoms. The van der Waals surface area contributed by atoms with E-state index in [1.54, 1.807) is 17.0 Å². The van der Waals surface area contributed by atoms with Crippen molar-refractivity contribution >= 4 is 39.1 Å². The Kier molecular flexibility index (Phi) is 4.54. The molecule has 3 aromatic carbocycles. The third-order valence-corrected chi connectivity index (χ3v) is 5.30. The summed E-state index contributed by atoms with van der Waals surface area (Å²) in [5.74, 6) is -0.179. The van der Waals surface area contributed by atoms with Gasteiger partial charge in [0, 0.05) is 21.3 Å². The first-order chi connectivity index (χ1) is 13.0. The number of nitrogens with one attached hydrogen (secondary N) is 1. The Morgan fingerprint density at radius 2 is 1.78 bits per heavy atom. The summed E-state index contributed by atoms with van der Waals surface area (Å²) in [6.07, 6.45) is 0. The third kappa shape index (κ3) is 3.38. The van der Waals surface area contributed by atoms with Gasteiger partial charge in [-0.05, 0) is 64.8 Å². The van der Waals surface area contributed by atoms with Crippen molar-refractivity contribution in [2.45, 2.75) is 13.5 Å². The van der Waals surface area contributed by atoms with Crippen LogP contribution in [-0.4, -0.2) is 11.8 Å². The average Bonchev–Trinajstić information content (AvgIpc) is 3.01. The second kappa shape index (κ2) is 7.00. The lowest BCUT2D eigenvalue weighted by molar-refractivity contribution is 0.0994. The van der Waals surface area contributed by atoms with Gasteiger partial charge in [0.1, 0.15) is 0 Å². The Morgan fingerprint density at radius 1 is 1.04 bits per heavy atom. The molecular formula is C22H17BrN2O2. The third-order valence-electron chi connectivity index (χ3n) is 4.65. The smallest absolute Gasteiger partial charge is 0.258 e. The molecule has 0 spiro atoms. The van der Waals surface area contributed by atoms with E-state index in [1.807, 2.05) is 61.5 Å². The van der Waals surface area contributed by atoms with E-state index in [1.165, 1.54) is 0 Å². The van der Waals surface area contributed by atoms with Gasteiger partial charge in [0.05, 0.1) is 12.2 Å². The molecule has 0 saturated carbocycles. The average molecular weight is 421 g/mol. The number of fused-ring (bicyclic) bond motifs is 1. The van der Waals surface area contributed by atoms with E-state index in [0.29, 0.717) is 17.8 Å². The molecule has 0 radical (unpaired) electrons. The molecule has 0 aromatic heterocycles. The summed E-state index contributed by atoms with van der Waals surface area (Å²) in [4.78, 5) is 26.8. The van der Waals surface area contributed by atoms with Crippen molar-refractivity contribution in [1.82, 2.24) is 0 Å². The molecule has 4 nitrogen and oxygen atoms in total. The molecular weight excluding hydrogens is 404 g/mol. The summed E-state index contributed by atoms with van der Waals surface area (Å²) in [5.41, 5.74) is 4.92. The number of hydrogen-bond donors (Lipinski definition) is 1. The highest BCUT2D eigenvalue weighted by molar-refractivity contribution is 9.10. The fourth-order valence-electron chi connectivity index (χ4n) is 3.14. The van der Waals surface area contributed by atoms with Crippen LogP contribution in [0.1, 0.15) is 31.8 Å². The number of hydrogen-bond acceptors (Lipinski definition) is 2. The zero-order valence-electron chi connectivity index (χ0n) is 14.7. The minimum Gasteiger partial charge on any atom is -0.321 e. The highest BCUT2D eigenvalue weighted by Crippen LogP contribution is 2.33. The maximum atomic E-state index is 12.6. The Hall–Kier alpha value is -2.92. The fourth-order valence-corrected chi connectivity index (χ4v) is 3.60. The van der Waals surface area contributed by atoms with Gasteiger partial charge in [-0.25, -0.2) is 0 Å². The lowest BCUT2D eigenvalue weighted by Crippen LogP contribution is -2.23. The standard InChI is InChI=1S/C22H17BrN2O2/c1-14-6-8-15(9-7-14)21(26)24-20-11-10-17(12-19(20)23)25-13-16-4-2-3-5-18(16)22(25)27/h2-12H,13H2,1H3,(H,24,26). The van der Waals surface area contributed by atoms with Crippen molar-refractivity contribution in [2.75, 3.05) is 10.2 Å². The van der Waals surface area contributed by atoms with Crippen molar-refractivity contribution < 1.29 is 9.59 Å². The van der Waals surface area contributed by atoms with Gasteiger partial charge in [0.25, 0.3) is 11.8 Å². The van der Waals surface area contributed by atoms with E-state index in [0.717, 1.165) is 26.9 Å². The zero-order valence-corrected chi connectivity index (χ0v) is 16.3. The number of carbonyl (C=O) groups excluding carboxylic acids is 2. The first-order valence-corrected chi connectivity index (χ1v) is 9.39. The Labute approximate surface area is 165 Å². The minimum atomic E-state index is -0.173. The molecule has 134 valence electrons. The number of halogens is 1. The van der Waals surface area contributed by atoms with E-state index < -0.39 is 0 Å². The van der Waals surface area contributed by atoms with Crippen molar-refractivity contribution in [1.29, 1.82) is 0 Å². The van der Waals surface area contributed by atoms with Crippen molar-refractivity contribution in [3.05, 3.63) is 93.5 Å². The summed E-state index contributed by atoms with van der Waals surface area (Å²) in [5, 5.41) is 2.90. The van der Waals surface area contributed by atoms with Gasteiger partial charge >= 0.3 is 0 Å². The molecule has 0 aliphatic carbocycles. The van der Waals surface area contributed by atoms with Crippen LogP contribution >= 0.6 is 15.9 Å². The van der Waals surface area contributed by atoms with Crippen LogP contribution in [0.5, 0.6) is 0 Å². The molecule has 4 rings (SSSR count). The van der Waals surface area contributed by atoms with E-state index in [4.69, 9.17) is 0 Å². The number of anilines is 2. The fraction of sp³-hybridized carbons (Fsp3) is 0.0909. The second-order valence-electron chi connectivity index (χ2n) is 6.53. The summed E-state index contributed by atoms with van der Waals surface area (Å²) in [6, 6.07) is 20.6. The summed E-state index contributed by atoms with van der Waals surface area (Å²) >= 11 is 3.51. The number of nitrogens with zero attached hydrogens (tertiary/aromatic N) is 1. The highest BCUT2D eigenvalue weighted by atomic mass is 79.9. The molecule has 5 heteroatoms. The normalized spacial score (nSPS) is 12.8. The maximum Gasteiger partial charge on any atom is 0.258 e. The predicted molar refractivity (Wildman–Crippen MR) is 110 cm³/mol. The van der Waals surface area contributed by atoms with Crippen LogP contribution in [0.15, 0.2) is 71.2 Å². The zero-order chi connectivity index (χ0) is 19.0. The van der Waals surface area contributed by atoms with Crippen LogP contribution in [0.25, 0.3) is 0 Å². The van der Waals surface area contributed by atoms with Gasteiger partial charge in [-0.3, -0.25) is 9.59 Å². The Morgan fingerprint density at radius 3 is 2.48 bits per heavy atom. The molecule has 3 aromatic rings. The number of benzene rings is 3. The lowest BCUT2D eigenvalue weighted by Gasteiger charge is -2.17. The van der Waals surface area contributed by atoms with E-state index >= 15 is 0 Å². The van der Waals surface area contributed by atoms with Crippen molar-refractivity contribution in [3.63, 3.8) is 0 Å². The number of aryl methyl sites for hydroxylation is 1. The second-order valence-corrected chi connectivity index (χ2v) is 7.39. The molecule has 0 bridgehead atoms. The summed E-state index contributed by atoms with van der Waals surface area (Å²) in [7, 11) is 0. The number of amides is 2. The molecule has 0 atom stereocenters. The predicted octanol–water partition coefficient (Wildman–Crippen LogP) is 5.17. The van der Waals surface area contributed by atoms with Crippen molar-refractivity contribution in [3.8, 4) is 0 Å². The summed E-state index contributed by atoms with van der Waals surface area (Å²) < 4.78 is 0.726. The SMILES string of the molecule is Cc1ccc(C(=O)Nc2ccc(N3Cc4ccccc4C3=O)cc2Br)cc1. The first-order valence-electron chi connectivity index (χ1n) is 8.60. The van der Waals surface area contributed by atoms with Crippen LogP contribution < -0.4 is 10.2 Å². The maximum absolute atomic E-state index is 12.6. The Bertz CT molecular complexity index is 1040. The minimum absolute atomic E-state index is 0.00561. The quantitative estimate of drug-likeness (QED) is 0.635. The molecule has 0 unspecified atom stereocenters. The van der Waals surface area contributed by atoms with Crippen LogP contribution in [0.2, 0.25) is 0 Å². The van der Waals surface area contributed by atoms with Gasteiger partial charge in [-0.1, -0.05) is 35.9 Å². The van der Waals surface area contributed by atoms with Gasteiger partial charge in [-0.2, -0.15) is 0 Å². The van der Waals surface area contributed by atoms with Crippen molar-refractivity contribution in [2.24, 2.45) is 0 Å². The largest absolute Gasteiger partial charge is 0.321 e. The van der Waals surface area contributed by atoms with Crippen LogP contribution in [0.3, 0.4) is 0 Å². The van der Waals surface area contributed by atoms with Crippen LogP contribution in [-0.2, 0) is 6.54 Å². The molecule has 0 saturated heterocycles. The Balaban J connectivity index is 1.54. The van der Waals surface area contributed by atoms with E-state index in [2.05, 4.69) is 21.2 Å². The topological polar surface area (TPSA) is 49.4 Å². The van der Waals surface area contributed by atoms with Gasteiger partial charge < -0.3 is 10.2 Å². The highest BCUT2D eigenvalue weighted by Gasteiger charge is 2.28. The van der Waals surface area contributed by atoms with Gasteiger partial charge in [0.2, 0.25) is 0 Å². The molecule has 2 amide bonds. The molecule has 0 fully saturated rings. The molecule has 1 heterocycles. The van der Waals surface area contributed by atoms with Crippen LogP contribution in [0.4, 0.5) is 11.4 Å². The summed E-state index contributed by atoms with van der Waals surface area (Å²) in [6.45, 7) is 2.53. The number of rotatable bonds is 3.